The van der Waals surface area contributed by atoms with Crippen LogP contribution in [-0.4, -0.2) is 17.6 Å². The van der Waals surface area contributed by atoms with Crippen molar-refractivity contribution in [1.29, 1.82) is 0 Å². The van der Waals surface area contributed by atoms with E-state index < -0.39 is 17.6 Å². The molecule has 1 aliphatic rings. The van der Waals surface area contributed by atoms with Crippen LogP contribution in [-0.2, 0) is 9.47 Å². The lowest BCUT2D eigenvalue weighted by Gasteiger charge is -2.28. The first kappa shape index (κ1) is 11.3. The summed E-state index contributed by atoms with van der Waals surface area (Å²) >= 11 is 0. The van der Waals surface area contributed by atoms with Crippen molar-refractivity contribution < 1.29 is 9.47 Å². The average molecular weight is 207 g/mol. The van der Waals surface area contributed by atoms with Crippen molar-refractivity contribution in [3.05, 3.63) is 0 Å². The van der Waals surface area contributed by atoms with E-state index in [0.29, 0.717) is 0 Å². The van der Waals surface area contributed by atoms with Gasteiger partial charge in [-0.2, -0.15) is 0 Å². The van der Waals surface area contributed by atoms with Gasteiger partial charge in [0.25, 0.3) is 0 Å². The van der Waals surface area contributed by atoms with Crippen LogP contribution in [0.3, 0.4) is 0 Å². The molecule has 0 amide bonds. The Morgan fingerprint density at radius 2 is 1.62 bits per heavy atom. The van der Waals surface area contributed by atoms with Crippen molar-refractivity contribution in [3.8, 4) is 0 Å². The summed E-state index contributed by atoms with van der Waals surface area (Å²) < 4.78 is 10.7. The van der Waals surface area contributed by atoms with Crippen LogP contribution in [0, 0.1) is 5.41 Å². The van der Waals surface area contributed by atoms with Gasteiger partial charge in [0, 0.05) is 5.41 Å². The Hall–Kier alpha value is 0.230. The molecule has 6 N–H and O–H groups in total. The van der Waals surface area contributed by atoms with E-state index in [1.807, 2.05) is 20.8 Å². The predicted octanol–water partition coefficient (Wildman–Crippen LogP) is -0.536. The van der Waals surface area contributed by atoms with Gasteiger partial charge >= 0.3 is 0 Å². The molecule has 0 aromatic carbocycles. The molecule has 3 atom stereocenters. The van der Waals surface area contributed by atoms with Crippen molar-refractivity contribution in [1.82, 2.24) is 0 Å². The summed E-state index contributed by atoms with van der Waals surface area (Å²) in [5, 5.41) is 0. The first-order chi connectivity index (χ1) is 5.56. The SMILES string of the molecule is CC(C)(C)C1OC(N)(N)C(N)(P)O1. The zero-order valence-corrected chi connectivity index (χ0v) is 9.36. The van der Waals surface area contributed by atoms with E-state index >= 15 is 0 Å². The van der Waals surface area contributed by atoms with Crippen LogP contribution in [0.1, 0.15) is 20.8 Å². The van der Waals surface area contributed by atoms with Crippen LogP contribution in [0.5, 0.6) is 0 Å². The lowest BCUT2D eigenvalue weighted by molar-refractivity contribution is -0.147. The van der Waals surface area contributed by atoms with Crippen LogP contribution in [0.15, 0.2) is 0 Å². The summed E-state index contributed by atoms with van der Waals surface area (Å²) in [4.78, 5) is 0. The molecule has 0 saturated carbocycles. The van der Waals surface area contributed by atoms with E-state index in [0.717, 1.165) is 0 Å². The maximum atomic E-state index is 5.71. The summed E-state index contributed by atoms with van der Waals surface area (Å²) in [6, 6.07) is 0. The number of hydrogen-bond acceptors (Lipinski definition) is 5. The van der Waals surface area contributed by atoms with Gasteiger partial charge in [0.1, 0.15) is 0 Å². The highest BCUT2D eigenvalue weighted by Gasteiger charge is 2.54. The highest BCUT2D eigenvalue weighted by Crippen LogP contribution is 2.39. The number of nitrogens with two attached hydrogens (primary N) is 3. The minimum atomic E-state index is -1.46. The summed E-state index contributed by atoms with van der Waals surface area (Å²) in [6.07, 6.45) is -0.495. The van der Waals surface area contributed by atoms with Crippen molar-refractivity contribution in [2.75, 3.05) is 0 Å². The van der Waals surface area contributed by atoms with E-state index in [4.69, 9.17) is 26.7 Å². The topological polar surface area (TPSA) is 96.5 Å². The summed E-state index contributed by atoms with van der Waals surface area (Å²) in [6.45, 7) is 5.87. The molecule has 0 aromatic heterocycles. The second-order valence-corrected chi connectivity index (χ2v) is 5.38. The van der Waals surface area contributed by atoms with E-state index in [1.54, 1.807) is 0 Å². The second-order valence-electron chi connectivity index (χ2n) is 4.52. The molecule has 1 heterocycles. The highest BCUT2D eigenvalue weighted by molar-refractivity contribution is 7.18. The van der Waals surface area contributed by atoms with E-state index in [9.17, 15) is 0 Å². The Labute approximate surface area is 80.5 Å². The Kier molecular flexibility index (Phi) is 2.49. The largest absolute Gasteiger partial charge is 0.322 e. The summed E-state index contributed by atoms with van der Waals surface area (Å²) in [5.41, 5.74) is 15.5. The quantitative estimate of drug-likeness (QED) is 0.366. The van der Waals surface area contributed by atoms with Crippen LogP contribution in [0.2, 0.25) is 0 Å². The molecule has 0 aliphatic carbocycles. The molecule has 6 heteroatoms. The molecule has 13 heavy (non-hydrogen) atoms. The molecule has 78 valence electrons. The van der Waals surface area contributed by atoms with Crippen molar-refractivity contribution >= 4 is 9.24 Å². The minimum Gasteiger partial charge on any atom is -0.322 e. The van der Waals surface area contributed by atoms with Gasteiger partial charge < -0.3 is 9.47 Å². The van der Waals surface area contributed by atoms with Gasteiger partial charge in [-0.05, 0) is 0 Å². The molecule has 1 saturated heterocycles. The average Bonchev–Trinajstić information content (AvgIpc) is 2.00. The molecule has 5 nitrogen and oxygen atoms in total. The Morgan fingerprint density at radius 3 is 1.77 bits per heavy atom. The third-order valence-electron chi connectivity index (χ3n) is 1.92. The third kappa shape index (κ3) is 2.01. The van der Waals surface area contributed by atoms with Crippen molar-refractivity contribution in [2.24, 2.45) is 22.6 Å². The standard InChI is InChI=1S/C7H18N3O2P/c1-5(2,3)4-11-6(8,9)7(10,13)12-4/h4H,8-10,13H2,1-3H3. The van der Waals surface area contributed by atoms with Gasteiger partial charge in [0.15, 0.2) is 11.8 Å². The van der Waals surface area contributed by atoms with E-state index in [-0.39, 0.29) is 5.41 Å². The van der Waals surface area contributed by atoms with Gasteiger partial charge in [0.05, 0.1) is 0 Å². The van der Waals surface area contributed by atoms with Crippen LogP contribution in [0.25, 0.3) is 0 Å². The normalized spacial score (nSPS) is 39.5. The maximum absolute atomic E-state index is 5.71. The highest BCUT2D eigenvalue weighted by atomic mass is 31.0. The molecule has 3 unspecified atom stereocenters. The monoisotopic (exact) mass is 207 g/mol. The van der Waals surface area contributed by atoms with Gasteiger partial charge in [-0.15, -0.1) is 0 Å². The molecule has 0 bridgehead atoms. The first-order valence-electron chi connectivity index (χ1n) is 4.07. The molecular weight excluding hydrogens is 189 g/mol. The molecule has 0 radical (unpaired) electrons. The lowest BCUT2D eigenvalue weighted by Crippen LogP contribution is -2.66. The van der Waals surface area contributed by atoms with Gasteiger partial charge in [0.2, 0.25) is 5.85 Å². The fourth-order valence-corrected chi connectivity index (χ4v) is 1.11. The smallest absolute Gasteiger partial charge is 0.219 e. The number of ether oxygens (including phenoxy) is 2. The van der Waals surface area contributed by atoms with Gasteiger partial charge in [-0.1, -0.05) is 30.0 Å². The van der Waals surface area contributed by atoms with Crippen molar-refractivity contribution in [2.45, 2.75) is 38.4 Å². The van der Waals surface area contributed by atoms with Crippen LogP contribution >= 0.6 is 9.24 Å². The molecule has 1 fully saturated rings. The Morgan fingerprint density at radius 1 is 1.15 bits per heavy atom. The molecule has 1 rings (SSSR count). The van der Waals surface area contributed by atoms with E-state index in [2.05, 4.69) is 9.24 Å². The summed E-state index contributed by atoms with van der Waals surface area (Å²) in [5.74, 6) is -1.46. The fraction of sp³-hybridized carbons (Fsp3) is 1.00. The zero-order valence-electron chi connectivity index (χ0n) is 8.20. The molecule has 0 spiro atoms. The predicted molar refractivity (Wildman–Crippen MR) is 53.1 cm³/mol. The molecular formula is C7H18N3O2P. The fourth-order valence-electron chi connectivity index (χ4n) is 0.916. The Balaban J connectivity index is 2.83. The van der Waals surface area contributed by atoms with Crippen LogP contribution < -0.4 is 17.2 Å². The minimum absolute atomic E-state index is 0.207. The number of hydrogen-bond donors (Lipinski definition) is 3. The van der Waals surface area contributed by atoms with Gasteiger partial charge in [-0.3, -0.25) is 17.2 Å². The maximum Gasteiger partial charge on any atom is 0.219 e. The van der Waals surface area contributed by atoms with E-state index in [1.165, 1.54) is 0 Å². The van der Waals surface area contributed by atoms with Crippen molar-refractivity contribution in [3.63, 3.8) is 0 Å². The summed E-state index contributed by atoms with van der Waals surface area (Å²) in [7, 11) is 2.26. The molecule has 0 aromatic rings. The Bertz CT molecular complexity index is 196. The van der Waals surface area contributed by atoms with Gasteiger partial charge in [-0.25, -0.2) is 0 Å². The second kappa shape index (κ2) is 2.86. The van der Waals surface area contributed by atoms with Crippen LogP contribution in [0.4, 0.5) is 0 Å². The third-order valence-corrected chi connectivity index (χ3v) is 2.51. The zero-order chi connectivity index (χ0) is 10.5. The lowest BCUT2D eigenvalue weighted by atomic mass is 9.96. The number of rotatable bonds is 0. The first-order valence-corrected chi connectivity index (χ1v) is 4.65. The molecule has 1 aliphatic heterocycles.